The Morgan fingerprint density at radius 3 is 2.40 bits per heavy atom. The molecule has 0 atom stereocenters. The van der Waals surface area contributed by atoms with Crippen LogP contribution in [0.5, 0.6) is 11.5 Å². The van der Waals surface area contributed by atoms with Crippen LogP contribution in [0.4, 0.5) is 0 Å². The van der Waals surface area contributed by atoms with Crippen molar-refractivity contribution in [2.24, 2.45) is 0 Å². The average molecular weight is 398 g/mol. The second kappa shape index (κ2) is 5.58. The number of benzene rings is 2. The number of hydrogen-bond donors (Lipinski definition) is 0. The third-order valence-corrected chi connectivity index (χ3v) is 4.11. The molecule has 0 saturated heterocycles. The molecule has 0 spiro atoms. The molecule has 0 radical (unpaired) electrons. The molecule has 102 valence electrons. The van der Waals surface area contributed by atoms with E-state index < -0.39 is 0 Å². The Morgan fingerprint density at radius 2 is 1.70 bits per heavy atom. The molecule has 0 amide bonds. The van der Waals surface area contributed by atoms with Gasteiger partial charge in [0.1, 0.15) is 13.2 Å². The molecule has 0 fully saturated rings. The van der Waals surface area contributed by atoms with Crippen LogP contribution in [-0.4, -0.2) is 19.0 Å². The highest BCUT2D eigenvalue weighted by Crippen LogP contribution is 2.36. The SMILES string of the molecule is O=C(c1cccc(Br)c1)c1cc2c(cc1Br)OCCO2. The van der Waals surface area contributed by atoms with E-state index in [1.54, 1.807) is 24.3 Å². The highest BCUT2D eigenvalue weighted by molar-refractivity contribution is 9.10. The van der Waals surface area contributed by atoms with E-state index in [1.165, 1.54) is 0 Å². The van der Waals surface area contributed by atoms with Gasteiger partial charge in [-0.3, -0.25) is 4.79 Å². The van der Waals surface area contributed by atoms with Crippen LogP contribution in [0.25, 0.3) is 0 Å². The maximum absolute atomic E-state index is 12.6. The van der Waals surface area contributed by atoms with Gasteiger partial charge < -0.3 is 9.47 Å². The van der Waals surface area contributed by atoms with E-state index in [2.05, 4.69) is 31.9 Å². The fourth-order valence-electron chi connectivity index (χ4n) is 2.02. The molecular formula is C15H10Br2O3. The van der Waals surface area contributed by atoms with E-state index in [9.17, 15) is 4.79 Å². The number of hydrogen-bond acceptors (Lipinski definition) is 3. The monoisotopic (exact) mass is 396 g/mol. The van der Waals surface area contributed by atoms with Gasteiger partial charge >= 0.3 is 0 Å². The molecule has 1 aliphatic heterocycles. The van der Waals surface area contributed by atoms with Gasteiger partial charge in [-0.25, -0.2) is 0 Å². The van der Waals surface area contributed by atoms with Gasteiger partial charge in [0.2, 0.25) is 0 Å². The van der Waals surface area contributed by atoms with E-state index >= 15 is 0 Å². The Kier molecular flexibility index (Phi) is 3.81. The summed E-state index contributed by atoms with van der Waals surface area (Å²) in [6, 6.07) is 10.8. The minimum atomic E-state index is -0.0600. The lowest BCUT2D eigenvalue weighted by Gasteiger charge is -2.19. The van der Waals surface area contributed by atoms with Gasteiger partial charge in [-0.15, -0.1) is 0 Å². The highest BCUT2D eigenvalue weighted by atomic mass is 79.9. The minimum absolute atomic E-state index is 0.0600. The van der Waals surface area contributed by atoms with Crippen LogP contribution in [0, 0.1) is 0 Å². The van der Waals surface area contributed by atoms with Crippen molar-refractivity contribution in [1.29, 1.82) is 0 Å². The molecule has 2 aromatic carbocycles. The number of carbonyl (C=O) groups excluding carboxylic acids is 1. The van der Waals surface area contributed by atoms with Crippen LogP contribution < -0.4 is 9.47 Å². The molecule has 0 N–H and O–H groups in total. The van der Waals surface area contributed by atoms with Crippen LogP contribution in [0.1, 0.15) is 15.9 Å². The van der Waals surface area contributed by atoms with E-state index in [0.29, 0.717) is 40.3 Å². The number of fused-ring (bicyclic) bond motifs is 1. The topological polar surface area (TPSA) is 35.5 Å². The minimum Gasteiger partial charge on any atom is -0.486 e. The van der Waals surface area contributed by atoms with Gasteiger partial charge in [0.15, 0.2) is 17.3 Å². The molecule has 1 heterocycles. The summed E-state index contributed by atoms with van der Waals surface area (Å²) in [6.45, 7) is 1.03. The number of carbonyl (C=O) groups is 1. The summed E-state index contributed by atoms with van der Waals surface area (Å²) < 4.78 is 12.6. The summed E-state index contributed by atoms with van der Waals surface area (Å²) >= 11 is 6.80. The molecule has 3 rings (SSSR count). The molecule has 0 saturated carbocycles. The maximum atomic E-state index is 12.6. The van der Waals surface area contributed by atoms with Crippen molar-refractivity contribution in [3.05, 3.63) is 56.5 Å². The number of ketones is 1. The van der Waals surface area contributed by atoms with Gasteiger partial charge in [0.05, 0.1) is 0 Å². The lowest BCUT2D eigenvalue weighted by molar-refractivity contribution is 0.103. The summed E-state index contributed by atoms with van der Waals surface area (Å²) in [6.07, 6.45) is 0. The summed E-state index contributed by atoms with van der Waals surface area (Å²) in [5.41, 5.74) is 1.18. The number of rotatable bonds is 2. The van der Waals surface area contributed by atoms with Crippen LogP contribution in [0.2, 0.25) is 0 Å². The largest absolute Gasteiger partial charge is 0.486 e. The van der Waals surface area contributed by atoms with Gasteiger partial charge in [-0.05, 0) is 40.2 Å². The summed E-state index contributed by atoms with van der Waals surface area (Å²) in [5.74, 6) is 1.21. The second-order valence-corrected chi connectivity index (χ2v) is 6.09. The molecule has 3 nitrogen and oxygen atoms in total. The molecular weight excluding hydrogens is 388 g/mol. The zero-order chi connectivity index (χ0) is 14.1. The molecule has 0 unspecified atom stereocenters. The van der Waals surface area contributed by atoms with Crippen molar-refractivity contribution < 1.29 is 14.3 Å². The summed E-state index contributed by atoms with van der Waals surface area (Å²) in [4.78, 5) is 12.6. The third kappa shape index (κ3) is 2.60. The Morgan fingerprint density at radius 1 is 1.00 bits per heavy atom. The smallest absolute Gasteiger partial charge is 0.194 e. The predicted molar refractivity (Wildman–Crippen MR) is 82.7 cm³/mol. The fourth-order valence-corrected chi connectivity index (χ4v) is 2.92. The molecule has 0 bridgehead atoms. The van der Waals surface area contributed by atoms with Crippen molar-refractivity contribution in [3.63, 3.8) is 0 Å². The fraction of sp³-hybridized carbons (Fsp3) is 0.133. The zero-order valence-corrected chi connectivity index (χ0v) is 13.5. The Balaban J connectivity index is 2.03. The normalized spacial score (nSPS) is 13.1. The first-order chi connectivity index (χ1) is 9.65. The predicted octanol–water partition coefficient (Wildman–Crippen LogP) is 4.21. The summed E-state index contributed by atoms with van der Waals surface area (Å²) in [5, 5.41) is 0. The molecule has 1 aliphatic rings. The number of ether oxygens (including phenoxy) is 2. The average Bonchev–Trinajstić information content (AvgIpc) is 2.46. The Bertz CT molecular complexity index is 683. The van der Waals surface area contributed by atoms with Crippen LogP contribution in [-0.2, 0) is 0 Å². The van der Waals surface area contributed by atoms with Crippen LogP contribution in [0.15, 0.2) is 45.3 Å². The van der Waals surface area contributed by atoms with E-state index in [0.717, 1.165) is 4.47 Å². The second-order valence-electron chi connectivity index (χ2n) is 4.32. The lowest BCUT2D eigenvalue weighted by Crippen LogP contribution is -2.16. The molecule has 2 aromatic rings. The van der Waals surface area contributed by atoms with Gasteiger partial charge in [-0.1, -0.05) is 28.1 Å². The maximum Gasteiger partial charge on any atom is 0.194 e. The first-order valence-corrected chi connectivity index (χ1v) is 7.63. The first-order valence-electron chi connectivity index (χ1n) is 6.04. The van der Waals surface area contributed by atoms with Crippen LogP contribution >= 0.6 is 31.9 Å². The van der Waals surface area contributed by atoms with Crippen LogP contribution in [0.3, 0.4) is 0 Å². The van der Waals surface area contributed by atoms with Crippen molar-refractivity contribution in [2.45, 2.75) is 0 Å². The van der Waals surface area contributed by atoms with E-state index in [1.807, 2.05) is 12.1 Å². The highest BCUT2D eigenvalue weighted by Gasteiger charge is 2.19. The summed E-state index contributed by atoms with van der Waals surface area (Å²) in [7, 11) is 0. The standard InChI is InChI=1S/C15H10Br2O3/c16-10-3-1-2-9(6-10)15(18)11-7-13-14(8-12(11)17)20-5-4-19-13/h1-3,6-8H,4-5H2. The van der Waals surface area contributed by atoms with Crippen molar-refractivity contribution >= 4 is 37.6 Å². The Labute approximate surface area is 133 Å². The molecule has 5 heteroatoms. The third-order valence-electron chi connectivity index (χ3n) is 2.96. The number of halogens is 2. The van der Waals surface area contributed by atoms with Crippen molar-refractivity contribution in [1.82, 2.24) is 0 Å². The lowest BCUT2D eigenvalue weighted by atomic mass is 10.0. The van der Waals surface area contributed by atoms with Crippen molar-refractivity contribution in [3.8, 4) is 11.5 Å². The molecule has 0 aliphatic carbocycles. The molecule has 20 heavy (non-hydrogen) atoms. The van der Waals surface area contributed by atoms with Gasteiger partial charge in [-0.2, -0.15) is 0 Å². The quantitative estimate of drug-likeness (QED) is 0.712. The zero-order valence-electron chi connectivity index (χ0n) is 10.4. The molecule has 0 aromatic heterocycles. The van der Waals surface area contributed by atoms with E-state index in [-0.39, 0.29) is 5.78 Å². The Hall–Kier alpha value is -1.33. The van der Waals surface area contributed by atoms with Gasteiger partial charge in [0, 0.05) is 20.1 Å². The van der Waals surface area contributed by atoms with Crippen molar-refractivity contribution in [2.75, 3.05) is 13.2 Å². The first kappa shape index (κ1) is 13.6. The van der Waals surface area contributed by atoms with Gasteiger partial charge in [0.25, 0.3) is 0 Å². The van der Waals surface area contributed by atoms with E-state index in [4.69, 9.17) is 9.47 Å².